The number of nitrogens with zero attached hydrogens (tertiary/aromatic N) is 1. The summed E-state index contributed by atoms with van der Waals surface area (Å²) in [6, 6.07) is 10.3. The summed E-state index contributed by atoms with van der Waals surface area (Å²) in [5, 5.41) is 46.9. The smallest absolute Gasteiger partial charge is 0.339 e. The van der Waals surface area contributed by atoms with Crippen molar-refractivity contribution in [3.8, 4) is 22.6 Å². The molecule has 2 fully saturated rings. The van der Waals surface area contributed by atoms with Crippen LogP contribution in [-0.2, 0) is 11.4 Å². The fourth-order valence-electron chi connectivity index (χ4n) is 7.08. The van der Waals surface area contributed by atoms with Crippen LogP contribution in [-0.4, -0.2) is 75.9 Å². The molecule has 230 valence electrons. The molecule has 8 atom stereocenters. The second kappa shape index (κ2) is 12.1. The molecule has 0 bridgehead atoms. The summed E-state index contributed by atoms with van der Waals surface area (Å²) in [6.07, 6.45) is -1.34. The Kier molecular flexibility index (Phi) is 8.85. The maximum absolute atomic E-state index is 11.9. The van der Waals surface area contributed by atoms with Gasteiger partial charge in [0.25, 0.3) is 0 Å². The Morgan fingerprint density at radius 1 is 1.14 bits per heavy atom. The van der Waals surface area contributed by atoms with Gasteiger partial charge < -0.3 is 29.9 Å². The molecule has 2 aliphatic heterocycles. The van der Waals surface area contributed by atoms with E-state index >= 15 is 0 Å². The van der Waals surface area contributed by atoms with E-state index < -0.39 is 36.4 Å². The van der Waals surface area contributed by atoms with Crippen molar-refractivity contribution < 1.29 is 39.5 Å². The molecule has 0 amide bonds. The highest BCUT2D eigenvalue weighted by molar-refractivity contribution is 5.94. The van der Waals surface area contributed by atoms with Gasteiger partial charge in [-0.05, 0) is 71.4 Å². The minimum absolute atomic E-state index is 0.0297. The zero-order valence-electron chi connectivity index (χ0n) is 25.0. The van der Waals surface area contributed by atoms with Gasteiger partial charge in [0.15, 0.2) is 11.5 Å². The van der Waals surface area contributed by atoms with E-state index in [-0.39, 0.29) is 36.7 Å². The average molecular weight is 585 g/mol. The lowest BCUT2D eigenvalue weighted by Gasteiger charge is -2.54. The number of aromatic carboxylic acids is 1. The lowest BCUT2D eigenvalue weighted by Crippen LogP contribution is -2.54. The number of nitrogens with one attached hydrogen (secondary N) is 1. The molecule has 5 rings (SSSR count). The molecular formula is C32H44N2O8. The molecule has 1 saturated carbocycles. The maximum atomic E-state index is 11.9. The number of carbonyl (C=O) groups is 1. The Hall–Kier alpha value is -2.73. The van der Waals surface area contributed by atoms with Crippen LogP contribution in [0, 0.1) is 29.1 Å². The molecule has 10 heteroatoms. The monoisotopic (exact) mass is 584 g/mol. The first-order valence-corrected chi connectivity index (χ1v) is 14.8. The number of hydrogen-bond acceptors (Lipinski definition) is 9. The minimum Gasteiger partial charge on any atom is -0.478 e. The Morgan fingerprint density at radius 3 is 2.55 bits per heavy atom. The molecule has 10 nitrogen and oxygen atoms in total. The van der Waals surface area contributed by atoms with E-state index in [0.29, 0.717) is 35.6 Å². The molecular weight excluding hydrogens is 540 g/mol. The number of hydrogen-bond donors (Lipinski definition) is 5. The number of carboxylic acids is 1. The van der Waals surface area contributed by atoms with Gasteiger partial charge in [0, 0.05) is 19.0 Å². The third-order valence-corrected chi connectivity index (χ3v) is 9.96. The number of carboxylic acid groups (broad SMARTS) is 1. The fraction of sp³-hybridized carbons (Fsp3) is 0.594. The lowest BCUT2D eigenvalue weighted by atomic mass is 9.52. The van der Waals surface area contributed by atoms with Crippen LogP contribution in [0.5, 0.6) is 11.5 Å². The standard InChI is InChI=1S/C32H44N2O8/c1-17(24-9-18(2)32(24,4)5)13-33-30(37)28-27(19(3)36)26(15-35)42-34(28)14-20-7-6-8-21(10-20)22-11-23(31(38)39)29-25(12-22)40-16-41-29/h6-8,10-12,17-19,24,26-28,30,33,35-37H,9,13-16H2,1-5H3,(H,38,39)/t17-,18+,19+,24+,26+,27-,28+,30?/m1/s1. The lowest BCUT2D eigenvalue weighted by molar-refractivity contribution is -0.191. The van der Waals surface area contributed by atoms with Crippen LogP contribution in [0.1, 0.15) is 57.0 Å². The predicted molar refractivity (Wildman–Crippen MR) is 156 cm³/mol. The number of hydroxylamine groups is 2. The van der Waals surface area contributed by atoms with Crippen LogP contribution >= 0.6 is 0 Å². The molecule has 0 spiro atoms. The van der Waals surface area contributed by atoms with Crippen molar-refractivity contribution >= 4 is 5.97 Å². The molecule has 42 heavy (non-hydrogen) atoms. The number of rotatable bonds is 11. The summed E-state index contributed by atoms with van der Waals surface area (Å²) in [4.78, 5) is 18.0. The normalized spacial score (nSPS) is 28.7. The number of aliphatic hydroxyl groups is 3. The predicted octanol–water partition coefficient (Wildman–Crippen LogP) is 3.48. The van der Waals surface area contributed by atoms with Crippen molar-refractivity contribution in [2.24, 2.45) is 29.1 Å². The number of aliphatic hydroxyl groups excluding tert-OH is 3. The van der Waals surface area contributed by atoms with Crippen molar-refractivity contribution in [1.29, 1.82) is 0 Å². The summed E-state index contributed by atoms with van der Waals surface area (Å²) in [5.74, 6) is 0.558. The van der Waals surface area contributed by atoms with Crippen LogP contribution in [0.15, 0.2) is 36.4 Å². The molecule has 1 unspecified atom stereocenters. The first kappa shape index (κ1) is 30.7. The first-order chi connectivity index (χ1) is 19.9. The van der Waals surface area contributed by atoms with Gasteiger partial charge in [-0.1, -0.05) is 45.9 Å². The number of fused-ring (bicyclic) bond motifs is 1. The van der Waals surface area contributed by atoms with E-state index in [4.69, 9.17) is 14.3 Å². The summed E-state index contributed by atoms with van der Waals surface area (Å²) in [5.41, 5.74) is 2.58. The van der Waals surface area contributed by atoms with E-state index in [1.165, 1.54) is 6.42 Å². The van der Waals surface area contributed by atoms with E-state index in [1.54, 1.807) is 24.1 Å². The van der Waals surface area contributed by atoms with E-state index in [9.17, 15) is 25.2 Å². The zero-order valence-corrected chi connectivity index (χ0v) is 25.0. The van der Waals surface area contributed by atoms with Crippen molar-refractivity contribution in [2.45, 2.75) is 72.1 Å². The summed E-state index contributed by atoms with van der Waals surface area (Å²) in [6.45, 7) is 11.3. The Balaban J connectivity index is 1.35. The summed E-state index contributed by atoms with van der Waals surface area (Å²) >= 11 is 0. The maximum Gasteiger partial charge on any atom is 0.339 e. The molecule has 3 aliphatic rings. The van der Waals surface area contributed by atoms with E-state index in [2.05, 4.69) is 33.0 Å². The number of benzene rings is 2. The SMILES string of the molecule is C[C@H](O)[C@@H]1[C@H](CO)ON(Cc2cccc(-c3cc4c(c(C(=O)O)c3)OCO4)c2)[C@@H]1C(O)NC[C@@H](C)[C@@H]1C[C@H](C)C1(C)C. The van der Waals surface area contributed by atoms with Crippen molar-refractivity contribution in [2.75, 3.05) is 19.9 Å². The highest BCUT2D eigenvalue weighted by Gasteiger charge is 2.50. The molecule has 2 aromatic rings. The first-order valence-electron chi connectivity index (χ1n) is 14.8. The Bertz CT molecular complexity index is 1280. The second-order valence-corrected chi connectivity index (χ2v) is 12.9. The van der Waals surface area contributed by atoms with Crippen LogP contribution in [0.4, 0.5) is 0 Å². The summed E-state index contributed by atoms with van der Waals surface area (Å²) < 4.78 is 10.8. The van der Waals surface area contributed by atoms with Gasteiger partial charge >= 0.3 is 5.97 Å². The fourth-order valence-corrected chi connectivity index (χ4v) is 7.08. The van der Waals surface area contributed by atoms with Gasteiger partial charge in [-0.2, -0.15) is 5.06 Å². The van der Waals surface area contributed by atoms with Crippen LogP contribution < -0.4 is 14.8 Å². The molecule has 2 aromatic carbocycles. The van der Waals surface area contributed by atoms with Crippen LogP contribution in [0.25, 0.3) is 11.1 Å². The third kappa shape index (κ3) is 5.76. The van der Waals surface area contributed by atoms with Gasteiger partial charge in [-0.15, -0.1) is 0 Å². The number of ether oxygens (including phenoxy) is 2. The van der Waals surface area contributed by atoms with Crippen molar-refractivity contribution in [1.82, 2.24) is 10.4 Å². The quantitative estimate of drug-likeness (QED) is 0.249. The summed E-state index contributed by atoms with van der Waals surface area (Å²) in [7, 11) is 0. The Morgan fingerprint density at radius 2 is 1.90 bits per heavy atom. The third-order valence-electron chi connectivity index (χ3n) is 9.96. The van der Waals surface area contributed by atoms with Gasteiger partial charge in [0.1, 0.15) is 17.9 Å². The van der Waals surface area contributed by atoms with Gasteiger partial charge in [0.05, 0.1) is 18.8 Å². The highest BCUT2D eigenvalue weighted by atomic mass is 16.7. The minimum atomic E-state index is -1.10. The molecule has 1 saturated heterocycles. The average Bonchev–Trinajstić information content (AvgIpc) is 3.58. The Labute approximate surface area is 247 Å². The zero-order chi connectivity index (χ0) is 30.3. The van der Waals surface area contributed by atoms with E-state index in [0.717, 1.165) is 11.1 Å². The molecule has 0 radical (unpaired) electrons. The van der Waals surface area contributed by atoms with Crippen molar-refractivity contribution in [3.63, 3.8) is 0 Å². The van der Waals surface area contributed by atoms with Gasteiger partial charge in [-0.25, -0.2) is 4.79 Å². The van der Waals surface area contributed by atoms with Crippen LogP contribution in [0.2, 0.25) is 0 Å². The largest absolute Gasteiger partial charge is 0.478 e. The molecule has 2 heterocycles. The van der Waals surface area contributed by atoms with Crippen LogP contribution in [0.3, 0.4) is 0 Å². The highest BCUT2D eigenvalue weighted by Crippen LogP contribution is 2.54. The molecule has 0 aromatic heterocycles. The van der Waals surface area contributed by atoms with Crippen molar-refractivity contribution in [3.05, 3.63) is 47.5 Å². The topological polar surface area (TPSA) is 141 Å². The molecule has 1 aliphatic carbocycles. The molecule has 5 N–H and O–H groups in total. The van der Waals surface area contributed by atoms with Gasteiger partial charge in [0.2, 0.25) is 6.79 Å². The second-order valence-electron chi connectivity index (χ2n) is 12.9. The van der Waals surface area contributed by atoms with E-state index in [1.807, 2.05) is 24.3 Å². The van der Waals surface area contributed by atoms with Gasteiger partial charge in [-0.3, -0.25) is 10.2 Å².